The minimum atomic E-state index is -2.76. The molecule has 0 bridgehead atoms. The van der Waals surface area contributed by atoms with Gasteiger partial charge in [-0.15, -0.1) is 0 Å². The molecule has 1 atom stereocenters. The van der Waals surface area contributed by atoms with Gasteiger partial charge in [0.05, 0.1) is 0 Å². The van der Waals surface area contributed by atoms with E-state index in [9.17, 15) is 8.78 Å². The Bertz CT molecular complexity index is 409. The smallest absolute Gasteiger partial charge is 0.387 e. The van der Waals surface area contributed by atoms with E-state index in [-0.39, 0.29) is 5.75 Å². The maximum Gasteiger partial charge on any atom is 0.387 e. The Morgan fingerprint density at radius 3 is 2.55 bits per heavy atom. The molecule has 0 aromatic heterocycles. The van der Waals surface area contributed by atoms with Gasteiger partial charge in [0.15, 0.2) is 0 Å². The summed E-state index contributed by atoms with van der Waals surface area (Å²) in [5, 5.41) is 3.51. The lowest BCUT2D eigenvalue weighted by molar-refractivity contribution is -0.0498. The highest BCUT2D eigenvalue weighted by Crippen LogP contribution is 2.16. The van der Waals surface area contributed by atoms with Gasteiger partial charge in [-0.1, -0.05) is 12.1 Å². The Labute approximate surface area is 118 Å². The van der Waals surface area contributed by atoms with E-state index >= 15 is 0 Å². The lowest BCUT2D eigenvalue weighted by atomic mass is 10.2. The number of benzene rings is 1. The average molecular weight is 284 g/mol. The van der Waals surface area contributed by atoms with E-state index in [0.717, 1.165) is 31.6 Å². The van der Waals surface area contributed by atoms with Crippen molar-refractivity contribution in [3.8, 4) is 5.75 Å². The van der Waals surface area contributed by atoms with E-state index in [0.29, 0.717) is 12.1 Å². The number of nitrogens with one attached hydrogen (secondary N) is 1. The molecule has 3 nitrogen and oxygen atoms in total. The van der Waals surface area contributed by atoms with Crippen molar-refractivity contribution in [1.82, 2.24) is 10.2 Å². The molecule has 1 N–H and O–H groups in total. The molecule has 0 saturated carbocycles. The Balaban J connectivity index is 1.77. The topological polar surface area (TPSA) is 24.5 Å². The van der Waals surface area contributed by atoms with Gasteiger partial charge in [-0.3, -0.25) is 4.90 Å². The van der Waals surface area contributed by atoms with Crippen LogP contribution >= 0.6 is 0 Å². The molecule has 0 radical (unpaired) electrons. The number of alkyl halides is 2. The van der Waals surface area contributed by atoms with Crippen LogP contribution in [0.1, 0.15) is 25.8 Å². The number of likely N-dealkylation sites (tertiary alicyclic amines) is 1. The van der Waals surface area contributed by atoms with E-state index < -0.39 is 6.61 Å². The van der Waals surface area contributed by atoms with Gasteiger partial charge in [-0.05, 0) is 44.5 Å². The van der Waals surface area contributed by atoms with Gasteiger partial charge in [0.2, 0.25) is 0 Å². The molecule has 1 aliphatic rings. The average Bonchev–Trinajstić information content (AvgIpc) is 2.86. The second kappa shape index (κ2) is 6.99. The van der Waals surface area contributed by atoms with Crippen LogP contribution in [0.3, 0.4) is 0 Å². The third-order valence-electron chi connectivity index (χ3n) is 3.69. The third kappa shape index (κ3) is 4.42. The molecule has 20 heavy (non-hydrogen) atoms. The summed E-state index contributed by atoms with van der Waals surface area (Å²) in [5.74, 6) is 0.204. The van der Waals surface area contributed by atoms with E-state index in [2.05, 4.69) is 28.8 Å². The van der Waals surface area contributed by atoms with Crippen molar-refractivity contribution in [1.29, 1.82) is 0 Å². The number of ether oxygens (including phenoxy) is 1. The molecule has 1 fully saturated rings. The van der Waals surface area contributed by atoms with Crippen LogP contribution in [0.25, 0.3) is 0 Å². The van der Waals surface area contributed by atoms with Crippen molar-refractivity contribution in [3.05, 3.63) is 29.8 Å². The van der Waals surface area contributed by atoms with Gasteiger partial charge < -0.3 is 10.1 Å². The predicted molar refractivity (Wildman–Crippen MR) is 75.0 cm³/mol. The van der Waals surface area contributed by atoms with Gasteiger partial charge >= 0.3 is 6.61 Å². The minimum Gasteiger partial charge on any atom is -0.435 e. The fraction of sp³-hybridized carbons (Fsp3) is 0.600. The first-order valence-electron chi connectivity index (χ1n) is 7.06. The fourth-order valence-electron chi connectivity index (χ4n) is 2.47. The lowest BCUT2D eigenvalue weighted by Crippen LogP contribution is -2.34. The number of halogens is 2. The largest absolute Gasteiger partial charge is 0.435 e. The Hall–Kier alpha value is -1.20. The Morgan fingerprint density at radius 1 is 1.30 bits per heavy atom. The molecule has 0 amide bonds. The van der Waals surface area contributed by atoms with Gasteiger partial charge in [-0.2, -0.15) is 8.78 Å². The SMILES string of the molecule is CC(C)N1CCC(NCc2ccc(OC(F)F)cc2)C1. The van der Waals surface area contributed by atoms with Crippen molar-refractivity contribution in [2.24, 2.45) is 0 Å². The fourth-order valence-corrected chi connectivity index (χ4v) is 2.47. The molecule has 1 unspecified atom stereocenters. The summed E-state index contributed by atoms with van der Waals surface area (Å²) < 4.78 is 28.4. The van der Waals surface area contributed by atoms with Crippen LogP contribution in [0.5, 0.6) is 5.75 Å². The van der Waals surface area contributed by atoms with Crippen LogP contribution in [0.2, 0.25) is 0 Å². The van der Waals surface area contributed by atoms with Crippen LogP contribution in [0.4, 0.5) is 8.78 Å². The standard InChI is InChI=1S/C15H22F2N2O/c1-11(2)19-8-7-13(10-19)18-9-12-3-5-14(6-4-12)20-15(16)17/h3-6,11,13,15,18H,7-10H2,1-2H3. The van der Waals surface area contributed by atoms with Crippen molar-refractivity contribution >= 4 is 0 Å². The molecule has 1 heterocycles. The van der Waals surface area contributed by atoms with E-state index in [1.54, 1.807) is 12.1 Å². The van der Waals surface area contributed by atoms with Crippen molar-refractivity contribution in [2.45, 2.75) is 45.5 Å². The summed E-state index contributed by atoms with van der Waals surface area (Å²) in [6.45, 7) is 4.63. The number of hydrogen-bond donors (Lipinski definition) is 1. The van der Waals surface area contributed by atoms with Crippen LogP contribution in [-0.2, 0) is 6.54 Å². The number of hydrogen-bond acceptors (Lipinski definition) is 3. The highest BCUT2D eigenvalue weighted by molar-refractivity contribution is 5.27. The zero-order valence-corrected chi connectivity index (χ0v) is 12.0. The molecule has 0 aliphatic carbocycles. The summed E-state index contributed by atoms with van der Waals surface area (Å²) in [4.78, 5) is 2.46. The second-order valence-corrected chi connectivity index (χ2v) is 5.48. The highest BCUT2D eigenvalue weighted by Gasteiger charge is 2.23. The van der Waals surface area contributed by atoms with Crippen LogP contribution in [0.15, 0.2) is 24.3 Å². The van der Waals surface area contributed by atoms with Crippen molar-refractivity contribution < 1.29 is 13.5 Å². The summed E-state index contributed by atoms with van der Waals surface area (Å²) in [6.07, 6.45) is 1.16. The van der Waals surface area contributed by atoms with Gasteiger partial charge in [-0.25, -0.2) is 0 Å². The highest BCUT2D eigenvalue weighted by atomic mass is 19.3. The Morgan fingerprint density at radius 2 is 2.00 bits per heavy atom. The normalized spacial score (nSPS) is 20.0. The summed E-state index contributed by atoms with van der Waals surface area (Å²) in [5.41, 5.74) is 1.08. The molecular weight excluding hydrogens is 262 g/mol. The van der Waals surface area contributed by atoms with Crippen LogP contribution < -0.4 is 10.1 Å². The number of nitrogens with zero attached hydrogens (tertiary/aromatic N) is 1. The number of rotatable bonds is 6. The van der Waals surface area contributed by atoms with Crippen molar-refractivity contribution in [2.75, 3.05) is 13.1 Å². The molecular formula is C15H22F2N2O. The Kier molecular flexibility index (Phi) is 5.31. The molecule has 1 saturated heterocycles. The molecule has 2 rings (SSSR count). The first-order valence-corrected chi connectivity index (χ1v) is 7.06. The predicted octanol–water partition coefficient (Wildman–Crippen LogP) is 2.86. The summed E-state index contributed by atoms with van der Waals surface area (Å²) in [7, 11) is 0. The molecule has 1 aliphatic heterocycles. The third-order valence-corrected chi connectivity index (χ3v) is 3.69. The first kappa shape index (κ1) is 15.2. The van der Waals surface area contributed by atoms with Crippen LogP contribution in [-0.4, -0.2) is 36.7 Å². The second-order valence-electron chi connectivity index (χ2n) is 5.48. The summed E-state index contributed by atoms with van der Waals surface area (Å²) >= 11 is 0. The first-order chi connectivity index (χ1) is 9.54. The maximum absolute atomic E-state index is 12.0. The summed E-state index contributed by atoms with van der Waals surface area (Å²) in [6, 6.07) is 7.90. The lowest BCUT2D eigenvalue weighted by Gasteiger charge is -2.20. The van der Waals surface area contributed by atoms with E-state index in [1.807, 2.05) is 12.1 Å². The molecule has 1 aromatic carbocycles. The molecule has 5 heteroatoms. The minimum absolute atomic E-state index is 0.204. The van der Waals surface area contributed by atoms with Crippen LogP contribution in [0, 0.1) is 0 Å². The van der Waals surface area contributed by atoms with Gasteiger partial charge in [0, 0.05) is 25.2 Å². The zero-order valence-electron chi connectivity index (χ0n) is 12.0. The van der Waals surface area contributed by atoms with E-state index in [4.69, 9.17) is 0 Å². The maximum atomic E-state index is 12.0. The van der Waals surface area contributed by atoms with Crippen molar-refractivity contribution in [3.63, 3.8) is 0 Å². The van der Waals surface area contributed by atoms with Gasteiger partial charge in [0.1, 0.15) is 5.75 Å². The van der Waals surface area contributed by atoms with E-state index in [1.165, 1.54) is 0 Å². The molecule has 112 valence electrons. The molecule has 1 aromatic rings. The molecule has 0 spiro atoms. The quantitative estimate of drug-likeness (QED) is 0.869. The zero-order chi connectivity index (χ0) is 14.5. The van der Waals surface area contributed by atoms with Gasteiger partial charge in [0.25, 0.3) is 0 Å². The monoisotopic (exact) mass is 284 g/mol.